The fourth-order valence-corrected chi connectivity index (χ4v) is 4.73. The zero-order valence-corrected chi connectivity index (χ0v) is 20.7. The van der Waals surface area contributed by atoms with Crippen LogP contribution in [0.4, 0.5) is 27.6 Å². The van der Waals surface area contributed by atoms with Gasteiger partial charge in [0.05, 0.1) is 23.4 Å². The van der Waals surface area contributed by atoms with E-state index in [-0.39, 0.29) is 40.0 Å². The third-order valence-corrected chi connectivity index (χ3v) is 6.57. The molecule has 1 unspecified atom stereocenters. The van der Waals surface area contributed by atoms with Crippen molar-refractivity contribution in [3.05, 3.63) is 105 Å². The van der Waals surface area contributed by atoms with Crippen molar-refractivity contribution in [1.29, 1.82) is 5.26 Å². The van der Waals surface area contributed by atoms with Crippen molar-refractivity contribution in [2.45, 2.75) is 18.8 Å². The van der Waals surface area contributed by atoms with Crippen molar-refractivity contribution < 1.29 is 31.5 Å². The second-order valence-electron chi connectivity index (χ2n) is 8.77. The minimum Gasteiger partial charge on any atom is -0.341 e. The molecule has 0 saturated heterocycles. The number of rotatable bonds is 5. The van der Waals surface area contributed by atoms with Gasteiger partial charge < -0.3 is 10.6 Å². The Kier molecular flexibility index (Phi) is 6.77. The maximum absolute atomic E-state index is 14.1. The van der Waals surface area contributed by atoms with E-state index in [1.807, 2.05) is 6.07 Å². The predicted molar refractivity (Wildman–Crippen MR) is 133 cm³/mol. The molecule has 2 heterocycles. The number of hydrogen-bond acceptors (Lipinski definition) is 4. The van der Waals surface area contributed by atoms with Crippen molar-refractivity contribution >= 4 is 29.1 Å². The number of benzene rings is 3. The first-order valence-corrected chi connectivity index (χ1v) is 11.9. The van der Waals surface area contributed by atoms with Gasteiger partial charge in [-0.1, -0.05) is 11.6 Å². The quantitative estimate of drug-likeness (QED) is 0.282. The van der Waals surface area contributed by atoms with Crippen LogP contribution in [0.5, 0.6) is 0 Å². The molecule has 0 saturated carbocycles. The lowest BCUT2D eigenvalue weighted by atomic mass is 9.93. The summed E-state index contributed by atoms with van der Waals surface area (Å²) in [7, 11) is 0. The van der Waals surface area contributed by atoms with Crippen LogP contribution in [-0.2, 0) is 12.7 Å². The summed E-state index contributed by atoms with van der Waals surface area (Å²) in [5.74, 6) is -3.63. The Morgan fingerprint density at radius 1 is 1.10 bits per heavy atom. The van der Waals surface area contributed by atoms with Crippen LogP contribution >= 0.6 is 11.6 Å². The Morgan fingerprint density at radius 2 is 1.88 bits per heavy atom. The van der Waals surface area contributed by atoms with E-state index in [1.165, 1.54) is 29.1 Å². The first-order valence-electron chi connectivity index (χ1n) is 11.5. The number of nitriles is 1. The summed E-state index contributed by atoms with van der Waals surface area (Å²) in [6.07, 6.45) is -3.49. The van der Waals surface area contributed by atoms with Crippen LogP contribution in [0, 0.1) is 23.0 Å². The minimum absolute atomic E-state index is 0.0382. The number of fused-ring (bicyclic) bond motifs is 1. The fraction of sp³-hybridized carbons (Fsp3) is 0.111. The van der Waals surface area contributed by atoms with Gasteiger partial charge in [0.15, 0.2) is 0 Å². The molecule has 0 bridgehead atoms. The average Bonchev–Trinajstić information content (AvgIpc) is 3.49. The van der Waals surface area contributed by atoms with Gasteiger partial charge in [-0.2, -0.15) is 23.5 Å². The lowest BCUT2D eigenvalue weighted by molar-refractivity contribution is -0.137. The molecule has 1 atom stereocenters. The summed E-state index contributed by atoms with van der Waals surface area (Å²) >= 11 is 6.29. The normalized spacial score (nSPS) is 14.4. The number of nitrogens with zero attached hydrogens (tertiary/aromatic N) is 3. The number of aromatic nitrogens is 2. The summed E-state index contributed by atoms with van der Waals surface area (Å²) in [5, 5.41) is 18.5. The lowest BCUT2D eigenvalue weighted by Crippen LogP contribution is -2.21. The molecule has 0 fully saturated rings. The van der Waals surface area contributed by atoms with E-state index < -0.39 is 46.8 Å². The van der Waals surface area contributed by atoms with Crippen LogP contribution in [0.1, 0.15) is 43.4 Å². The highest BCUT2D eigenvalue weighted by molar-refractivity contribution is 6.31. The van der Waals surface area contributed by atoms with Crippen molar-refractivity contribution in [2.24, 2.45) is 0 Å². The van der Waals surface area contributed by atoms with Crippen LogP contribution in [0.2, 0.25) is 5.02 Å². The summed E-state index contributed by atoms with van der Waals surface area (Å²) in [4.78, 5) is 26.2. The Hall–Kier alpha value is -4.76. The number of nitrogens with one attached hydrogen (secondary N) is 2. The zero-order valence-electron chi connectivity index (χ0n) is 20.0. The third-order valence-electron chi connectivity index (χ3n) is 6.23. The van der Waals surface area contributed by atoms with E-state index in [4.69, 9.17) is 16.9 Å². The predicted octanol–water partition coefficient (Wildman–Crippen LogP) is 6.11. The minimum atomic E-state index is -4.91. The van der Waals surface area contributed by atoms with Gasteiger partial charge in [-0.3, -0.25) is 14.3 Å². The maximum Gasteiger partial charge on any atom is 0.416 e. The zero-order chi connectivity index (χ0) is 28.8. The molecule has 1 aliphatic heterocycles. The number of amides is 2. The molecule has 1 aromatic heterocycles. The summed E-state index contributed by atoms with van der Waals surface area (Å²) in [6.45, 7) is -0.141. The molecule has 0 radical (unpaired) electrons. The number of hydrogen-bond donors (Lipinski definition) is 2. The topological polar surface area (TPSA) is 99.8 Å². The van der Waals surface area contributed by atoms with Crippen molar-refractivity contribution in [2.75, 3.05) is 5.32 Å². The molecule has 13 heteroatoms. The molecular formula is C27H15ClF5N5O2. The lowest BCUT2D eigenvalue weighted by Gasteiger charge is -2.19. The molecule has 2 N–H and O–H groups in total. The molecule has 40 heavy (non-hydrogen) atoms. The van der Waals surface area contributed by atoms with E-state index in [1.54, 1.807) is 6.07 Å². The maximum atomic E-state index is 14.1. The molecule has 202 valence electrons. The van der Waals surface area contributed by atoms with Crippen molar-refractivity contribution in [3.63, 3.8) is 0 Å². The summed E-state index contributed by atoms with van der Waals surface area (Å²) in [6, 6.07) is 10.3. The third kappa shape index (κ3) is 4.99. The summed E-state index contributed by atoms with van der Waals surface area (Å²) in [5.41, 5.74) is -0.924. The first-order chi connectivity index (χ1) is 19.0. The van der Waals surface area contributed by atoms with E-state index in [2.05, 4.69) is 15.7 Å². The fourth-order valence-electron chi connectivity index (χ4n) is 4.50. The van der Waals surface area contributed by atoms with Crippen LogP contribution in [0.3, 0.4) is 0 Å². The Morgan fingerprint density at radius 3 is 2.60 bits per heavy atom. The van der Waals surface area contributed by atoms with Crippen LogP contribution in [0.25, 0.3) is 11.3 Å². The van der Waals surface area contributed by atoms with Crippen LogP contribution in [-0.4, -0.2) is 21.6 Å². The van der Waals surface area contributed by atoms with Crippen LogP contribution < -0.4 is 10.6 Å². The van der Waals surface area contributed by atoms with Crippen LogP contribution in [0.15, 0.2) is 60.8 Å². The molecule has 1 aliphatic rings. The van der Waals surface area contributed by atoms with Crippen molar-refractivity contribution in [3.8, 4) is 17.3 Å². The SMILES string of the molecule is N#CCn1nccc1-c1cc(NC(=O)c2cc(F)cc(C(F)(F)F)c2)c2c(c1)C(=O)NC2c1cc(F)ccc1Cl. The van der Waals surface area contributed by atoms with Gasteiger partial charge in [0.1, 0.15) is 18.2 Å². The van der Waals surface area contributed by atoms with Gasteiger partial charge >= 0.3 is 6.18 Å². The van der Waals surface area contributed by atoms with Gasteiger partial charge in [-0.05, 0) is 54.6 Å². The molecular weight excluding hydrogens is 557 g/mol. The second kappa shape index (κ2) is 10.1. The van der Waals surface area contributed by atoms with E-state index in [0.29, 0.717) is 23.4 Å². The largest absolute Gasteiger partial charge is 0.416 e. The van der Waals surface area contributed by atoms with Gasteiger partial charge in [0, 0.05) is 44.7 Å². The number of carbonyl (C=O) groups is 2. The highest BCUT2D eigenvalue weighted by Crippen LogP contribution is 2.42. The highest BCUT2D eigenvalue weighted by Gasteiger charge is 2.36. The molecule has 0 spiro atoms. The molecule has 5 rings (SSSR count). The van der Waals surface area contributed by atoms with Gasteiger partial charge in [0.25, 0.3) is 11.8 Å². The number of carbonyl (C=O) groups excluding carboxylic acids is 2. The smallest absolute Gasteiger partial charge is 0.341 e. The van der Waals surface area contributed by atoms with Gasteiger partial charge in [0.2, 0.25) is 0 Å². The van der Waals surface area contributed by atoms with Crippen molar-refractivity contribution in [1.82, 2.24) is 15.1 Å². The monoisotopic (exact) mass is 571 g/mol. The standard InChI is InChI=1S/C27H15ClF5N5O2/c28-20-2-1-16(29)12-18(20)24-23-19(26(40)37-24)9-13(22-3-5-35-38(22)6-4-34)10-21(23)36-25(39)14-7-15(27(31,32)33)11-17(30)8-14/h1-3,5,7-12,24H,6H2,(H,36,39)(H,37,40). The van der Waals surface area contributed by atoms with Gasteiger partial charge in [-0.25, -0.2) is 8.78 Å². The molecule has 7 nitrogen and oxygen atoms in total. The Balaban J connectivity index is 1.67. The molecule has 2 amide bonds. The first kappa shape index (κ1) is 26.8. The van der Waals surface area contributed by atoms with Gasteiger partial charge in [-0.15, -0.1) is 0 Å². The Labute approximate surface area is 227 Å². The second-order valence-corrected chi connectivity index (χ2v) is 9.18. The van der Waals surface area contributed by atoms with E-state index >= 15 is 0 Å². The number of halogens is 6. The van der Waals surface area contributed by atoms with E-state index in [0.717, 1.165) is 12.1 Å². The molecule has 0 aliphatic carbocycles. The van der Waals surface area contributed by atoms with E-state index in [9.17, 15) is 31.5 Å². The summed E-state index contributed by atoms with van der Waals surface area (Å²) < 4.78 is 69.3. The highest BCUT2D eigenvalue weighted by atomic mass is 35.5. The Bertz CT molecular complexity index is 1730. The number of anilines is 1. The average molecular weight is 572 g/mol. The molecule has 4 aromatic rings. The number of alkyl halides is 3. The molecule has 3 aromatic carbocycles.